The number of nitrogen functional groups attached to an aromatic ring is 1. The van der Waals surface area contributed by atoms with Crippen LogP contribution in [0.25, 0.3) is 5.82 Å². The number of methoxy groups -OCH3 is 2. The van der Waals surface area contributed by atoms with Gasteiger partial charge in [0.25, 0.3) is 0 Å². The van der Waals surface area contributed by atoms with Crippen LogP contribution in [0.15, 0.2) is 53.3 Å². The van der Waals surface area contributed by atoms with Gasteiger partial charge in [0.2, 0.25) is 11.8 Å². The minimum absolute atomic E-state index is 0.150. The molecule has 2 N–H and O–H groups in total. The molecule has 32 heavy (non-hydrogen) atoms. The Labute approximate surface area is 189 Å². The second-order valence-electron chi connectivity index (χ2n) is 6.85. The molecule has 166 valence electrons. The summed E-state index contributed by atoms with van der Waals surface area (Å²) in [5, 5.41) is 7.09. The van der Waals surface area contributed by atoms with Crippen molar-refractivity contribution in [3.05, 3.63) is 69.9 Å². The fourth-order valence-electron chi connectivity index (χ4n) is 3.11. The van der Waals surface area contributed by atoms with Gasteiger partial charge in [-0.05, 0) is 24.6 Å². The van der Waals surface area contributed by atoms with Crippen LogP contribution >= 0.6 is 11.3 Å². The first-order chi connectivity index (χ1) is 15.5. The Morgan fingerprint density at radius 2 is 2.09 bits per heavy atom. The van der Waals surface area contributed by atoms with Crippen LogP contribution in [0.5, 0.6) is 5.88 Å². The summed E-state index contributed by atoms with van der Waals surface area (Å²) in [6, 6.07) is 1.71. The van der Waals surface area contributed by atoms with Gasteiger partial charge in [0, 0.05) is 31.2 Å². The van der Waals surface area contributed by atoms with E-state index in [-0.39, 0.29) is 12.1 Å². The first kappa shape index (κ1) is 21.7. The number of rotatable bonds is 8. The number of anilines is 1. The van der Waals surface area contributed by atoms with Crippen LogP contribution in [0.3, 0.4) is 0 Å². The average Bonchev–Trinajstić information content (AvgIpc) is 3.38. The molecule has 1 unspecified atom stereocenters. The lowest BCUT2D eigenvalue weighted by Gasteiger charge is -2.09. The highest BCUT2D eigenvalue weighted by molar-refractivity contribution is 7.09. The molecular weight excluding hydrogens is 430 g/mol. The van der Waals surface area contributed by atoms with Crippen molar-refractivity contribution in [3.63, 3.8) is 0 Å². The number of nitrogens with two attached hydrogens (primary N) is 1. The number of thiazole rings is 1. The zero-order valence-corrected chi connectivity index (χ0v) is 18.7. The van der Waals surface area contributed by atoms with Crippen LogP contribution in [0.1, 0.15) is 16.7 Å². The third kappa shape index (κ3) is 5.18. The molecule has 10 nitrogen and oxygen atoms in total. The van der Waals surface area contributed by atoms with Gasteiger partial charge >= 0.3 is 0 Å². The summed E-state index contributed by atoms with van der Waals surface area (Å²) < 4.78 is 18.3. The number of aryl methyl sites for hydroxylation is 1. The highest BCUT2D eigenvalue weighted by Gasteiger charge is 2.16. The Balaban J connectivity index is 1.61. The lowest BCUT2D eigenvalue weighted by Crippen LogP contribution is -2.09. The molecule has 0 spiro atoms. The van der Waals surface area contributed by atoms with Crippen molar-refractivity contribution >= 4 is 17.3 Å². The van der Waals surface area contributed by atoms with Crippen molar-refractivity contribution in [2.45, 2.75) is 26.1 Å². The van der Waals surface area contributed by atoms with Gasteiger partial charge in [-0.2, -0.15) is 14.6 Å². The van der Waals surface area contributed by atoms with Gasteiger partial charge in [-0.15, -0.1) is 16.4 Å². The van der Waals surface area contributed by atoms with Crippen LogP contribution in [0, 0.1) is 6.92 Å². The monoisotopic (exact) mass is 453 g/mol. The highest BCUT2D eigenvalue weighted by Crippen LogP contribution is 2.21. The highest BCUT2D eigenvalue weighted by atomic mass is 32.1. The van der Waals surface area contributed by atoms with Gasteiger partial charge in [0.15, 0.2) is 5.82 Å². The number of hydrogen-bond donors (Lipinski definition) is 1. The van der Waals surface area contributed by atoms with Crippen molar-refractivity contribution in [2.24, 2.45) is 0 Å². The lowest BCUT2D eigenvalue weighted by atomic mass is 10.1. The average molecular weight is 454 g/mol. The Morgan fingerprint density at radius 3 is 2.84 bits per heavy atom. The van der Waals surface area contributed by atoms with E-state index >= 15 is 0 Å². The third-order valence-electron chi connectivity index (χ3n) is 4.56. The molecule has 0 radical (unpaired) electrons. The summed E-state index contributed by atoms with van der Waals surface area (Å²) in [7, 11) is 3.27. The zero-order chi connectivity index (χ0) is 22.5. The van der Waals surface area contributed by atoms with Crippen LogP contribution < -0.4 is 10.5 Å². The third-order valence-corrected chi connectivity index (χ3v) is 5.31. The quantitative estimate of drug-likeness (QED) is 0.548. The van der Waals surface area contributed by atoms with Crippen LogP contribution in [0.2, 0.25) is 0 Å². The van der Waals surface area contributed by atoms with E-state index in [0.717, 1.165) is 10.6 Å². The number of ether oxygens (including phenoxy) is 3. The summed E-state index contributed by atoms with van der Waals surface area (Å²) in [6.07, 6.45) is 9.75. The smallest absolute Gasteiger partial charge is 0.240 e. The Kier molecular flexibility index (Phi) is 6.57. The van der Waals surface area contributed by atoms with Crippen molar-refractivity contribution in [2.75, 3.05) is 20.0 Å². The van der Waals surface area contributed by atoms with E-state index in [4.69, 9.17) is 19.9 Å². The Bertz CT molecular complexity index is 1170. The van der Waals surface area contributed by atoms with Crippen LogP contribution in [-0.4, -0.2) is 50.0 Å². The topological polar surface area (TPSA) is 123 Å². The molecule has 1 aliphatic rings. The standard InChI is InChI=1S/C21H23N7O3S/c1-13-24-18(11-19(25-13)31-12-20-23-6-7-32-20)28-17(26-21(22)27-28)9-14-4-5-15(29-2)10-16(8-14)30-3/h4-8,10-11,15H,9,12H2,1-3H3,(H2,22,27). The maximum Gasteiger partial charge on any atom is 0.240 e. The number of aromatic nitrogens is 6. The SMILES string of the molecule is COC1=CC(OC)C=CC(Cc2nc(N)nn2-c2cc(OCc3nccs3)nc(C)n2)=C1. The van der Waals surface area contributed by atoms with E-state index in [0.29, 0.717) is 42.1 Å². The fourth-order valence-corrected chi connectivity index (χ4v) is 3.64. The predicted octanol–water partition coefficient (Wildman–Crippen LogP) is 2.57. The largest absolute Gasteiger partial charge is 0.497 e. The number of allylic oxidation sites excluding steroid dienone is 3. The second kappa shape index (κ2) is 9.71. The van der Waals surface area contributed by atoms with E-state index in [9.17, 15) is 0 Å². The molecule has 3 heterocycles. The maximum atomic E-state index is 5.93. The first-order valence-corrected chi connectivity index (χ1v) is 10.7. The summed E-state index contributed by atoms with van der Waals surface area (Å²) >= 11 is 1.52. The van der Waals surface area contributed by atoms with Crippen molar-refractivity contribution in [1.82, 2.24) is 29.7 Å². The minimum Gasteiger partial charge on any atom is -0.497 e. The Hall–Kier alpha value is -3.57. The van der Waals surface area contributed by atoms with E-state index in [1.54, 1.807) is 38.1 Å². The summed E-state index contributed by atoms with van der Waals surface area (Å²) in [5.41, 5.74) is 6.89. The minimum atomic E-state index is -0.177. The molecule has 4 rings (SSSR count). The molecule has 0 amide bonds. The molecule has 11 heteroatoms. The molecule has 1 aliphatic carbocycles. The van der Waals surface area contributed by atoms with Gasteiger partial charge in [-0.3, -0.25) is 0 Å². The van der Waals surface area contributed by atoms with Crippen LogP contribution in [-0.2, 0) is 22.5 Å². The second-order valence-corrected chi connectivity index (χ2v) is 7.83. The summed E-state index contributed by atoms with van der Waals surface area (Å²) in [6.45, 7) is 2.11. The zero-order valence-electron chi connectivity index (χ0n) is 17.9. The van der Waals surface area contributed by atoms with Crippen molar-refractivity contribution in [3.8, 4) is 11.7 Å². The van der Waals surface area contributed by atoms with Gasteiger partial charge in [0.05, 0.1) is 13.2 Å². The molecule has 1 atom stereocenters. The molecule has 0 aliphatic heterocycles. The molecule has 0 saturated heterocycles. The molecule has 0 bridgehead atoms. The van der Waals surface area contributed by atoms with Gasteiger partial charge in [-0.25, -0.2) is 9.97 Å². The fraction of sp³-hybridized carbons (Fsp3) is 0.286. The van der Waals surface area contributed by atoms with Gasteiger partial charge in [-0.1, -0.05) is 12.2 Å². The molecule has 0 aromatic carbocycles. The maximum absolute atomic E-state index is 5.93. The molecular formula is C21H23N7O3S. The van der Waals surface area contributed by atoms with E-state index in [2.05, 4.69) is 25.0 Å². The molecule has 3 aromatic heterocycles. The van der Waals surface area contributed by atoms with Gasteiger partial charge in [0.1, 0.15) is 29.0 Å². The predicted molar refractivity (Wildman–Crippen MR) is 119 cm³/mol. The number of hydrogen-bond acceptors (Lipinski definition) is 10. The lowest BCUT2D eigenvalue weighted by molar-refractivity contribution is 0.172. The summed E-state index contributed by atoms with van der Waals surface area (Å²) in [4.78, 5) is 17.5. The van der Waals surface area contributed by atoms with Crippen molar-refractivity contribution < 1.29 is 14.2 Å². The summed E-state index contributed by atoms with van der Waals surface area (Å²) in [5.74, 6) is 2.94. The van der Waals surface area contributed by atoms with E-state index in [1.165, 1.54) is 11.3 Å². The van der Waals surface area contributed by atoms with Crippen molar-refractivity contribution in [1.29, 1.82) is 0 Å². The molecule has 0 saturated carbocycles. The van der Waals surface area contributed by atoms with E-state index < -0.39 is 0 Å². The molecule has 0 fully saturated rings. The van der Waals surface area contributed by atoms with Crippen LogP contribution in [0.4, 0.5) is 5.95 Å². The normalized spacial score (nSPS) is 15.8. The molecule has 3 aromatic rings. The number of nitrogens with zero attached hydrogens (tertiary/aromatic N) is 6. The van der Waals surface area contributed by atoms with Gasteiger partial charge < -0.3 is 19.9 Å². The Morgan fingerprint density at radius 1 is 1.22 bits per heavy atom. The van der Waals surface area contributed by atoms with E-state index in [1.807, 2.05) is 29.7 Å². The first-order valence-electron chi connectivity index (χ1n) is 9.80.